The van der Waals surface area contributed by atoms with Crippen molar-refractivity contribution in [1.82, 2.24) is 0 Å². The fraction of sp³-hybridized carbons (Fsp3) is 0.188. The highest BCUT2D eigenvalue weighted by atomic mass is 35.5. The molecule has 2 nitrogen and oxygen atoms in total. The summed E-state index contributed by atoms with van der Waals surface area (Å²) in [5.74, 6) is -0.353. The molecule has 0 radical (unpaired) electrons. The number of fused-ring (bicyclic) bond motifs is 2. The lowest BCUT2D eigenvalue weighted by atomic mass is 9.84. The van der Waals surface area contributed by atoms with Gasteiger partial charge < -0.3 is 4.74 Å². The summed E-state index contributed by atoms with van der Waals surface area (Å²) in [4.78, 5) is 11.4. The first-order valence-corrected chi connectivity index (χ1v) is 7.05. The lowest BCUT2D eigenvalue weighted by Gasteiger charge is -2.29. The van der Waals surface area contributed by atoms with Crippen LogP contribution in [0.4, 0.5) is 0 Å². The molecule has 0 unspecified atom stereocenters. The molecule has 2 aromatic rings. The molecule has 0 fully saturated rings. The lowest BCUT2D eigenvalue weighted by molar-refractivity contribution is -0.144. The predicted molar refractivity (Wildman–Crippen MR) is 79.3 cm³/mol. The van der Waals surface area contributed by atoms with Crippen molar-refractivity contribution in [3.63, 3.8) is 0 Å². The first kappa shape index (κ1) is 13.5. The predicted octanol–water partition coefficient (Wildman–Crippen LogP) is 4.55. The fourth-order valence-electron chi connectivity index (χ4n) is 2.69. The number of carbonyl (C=O) groups excluding carboxylic acids is 1. The maximum absolute atomic E-state index is 11.4. The second-order valence-corrected chi connectivity index (χ2v) is 5.61. The van der Waals surface area contributed by atoms with Crippen molar-refractivity contribution in [2.24, 2.45) is 0 Å². The molecule has 0 amide bonds. The van der Waals surface area contributed by atoms with Crippen LogP contribution in [0.5, 0.6) is 0 Å². The molecular formula is C16H12Cl2O2. The van der Waals surface area contributed by atoms with Gasteiger partial charge in [0.05, 0.1) is 0 Å². The smallest absolute Gasteiger partial charge is 0.303 e. The van der Waals surface area contributed by atoms with Gasteiger partial charge in [-0.25, -0.2) is 0 Å². The van der Waals surface area contributed by atoms with Crippen molar-refractivity contribution in [2.45, 2.75) is 19.4 Å². The van der Waals surface area contributed by atoms with E-state index in [2.05, 4.69) is 0 Å². The Balaban J connectivity index is 2.24. The number of ether oxygens (including phenoxy) is 1. The summed E-state index contributed by atoms with van der Waals surface area (Å²) in [6, 6.07) is 11.4. The third kappa shape index (κ3) is 2.19. The van der Waals surface area contributed by atoms with Gasteiger partial charge in [0.2, 0.25) is 0 Å². The first-order chi connectivity index (χ1) is 9.58. The zero-order valence-electron chi connectivity index (χ0n) is 10.8. The third-order valence-electron chi connectivity index (χ3n) is 3.48. The number of esters is 1. The minimum absolute atomic E-state index is 0.353. The van der Waals surface area contributed by atoms with Crippen molar-refractivity contribution >= 4 is 29.2 Å². The molecule has 1 aliphatic rings. The summed E-state index contributed by atoms with van der Waals surface area (Å²) in [7, 11) is 0. The molecule has 20 heavy (non-hydrogen) atoms. The van der Waals surface area contributed by atoms with Gasteiger partial charge in [-0.3, -0.25) is 4.79 Å². The zero-order valence-corrected chi connectivity index (χ0v) is 12.3. The van der Waals surface area contributed by atoms with Crippen LogP contribution >= 0.6 is 23.2 Å². The third-order valence-corrected chi connectivity index (χ3v) is 4.13. The van der Waals surface area contributed by atoms with Gasteiger partial charge in [-0.15, -0.1) is 0 Å². The minimum atomic E-state index is -0.534. The van der Waals surface area contributed by atoms with Crippen LogP contribution in [-0.4, -0.2) is 5.97 Å². The second kappa shape index (κ2) is 5.12. The fourth-order valence-corrected chi connectivity index (χ4v) is 3.28. The second-order valence-electron chi connectivity index (χ2n) is 4.79. The molecule has 102 valence electrons. The van der Waals surface area contributed by atoms with Gasteiger partial charge in [0.15, 0.2) is 6.10 Å². The molecule has 4 heteroatoms. The van der Waals surface area contributed by atoms with Gasteiger partial charge in [-0.05, 0) is 29.7 Å². The van der Waals surface area contributed by atoms with Crippen LogP contribution in [0, 0.1) is 0 Å². The molecule has 0 N–H and O–H groups in total. The molecule has 0 aromatic heterocycles. The largest absolute Gasteiger partial charge is 0.453 e. The molecule has 0 aliphatic heterocycles. The highest BCUT2D eigenvalue weighted by molar-refractivity contribution is 6.32. The van der Waals surface area contributed by atoms with Gasteiger partial charge in [0, 0.05) is 28.1 Å². The van der Waals surface area contributed by atoms with Crippen LogP contribution in [0.1, 0.15) is 35.3 Å². The molecule has 0 spiro atoms. The van der Waals surface area contributed by atoms with E-state index in [9.17, 15) is 4.79 Å². The lowest BCUT2D eigenvalue weighted by Crippen LogP contribution is -2.19. The van der Waals surface area contributed by atoms with Crippen molar-refractivity contribution in [1.29, 1.82) is 0 Å². The minimum Gasteiger partial charge on any atom is -0.453 e. The van der Waals surface area contributed by atoms with Crippen molar-refractivity contribution < 1.29 is 9.53 Å². The number of carbonyl (C=O) groups is 1. The average Bonchev–Trinajstić information content (AvgIpc) is 2.37. The van der Waals surface area contributed by atoms with Gasteiger partial charge in [0.25, 0.3) is 0 Å². The maximum Gasteiger partial charge on any atom is 0.303 e. The Hall–Kier alpha value is -1.51. The van der Waals surface area contributed by atoms with Gasteiger partial charge in [-0.2, -0.15) is 0 Å². The van der Waals surface area contributed by atoms with Crippen LogP contribution in [0.3, 0.4) is 0 Å². The summed E-state index contributed by atoms with van der Waals surface area (Å²) in [5.41, 5.74) is 3.81. The van der Waals surface area contributed by atoms with E-state index in [1.165, 1.54) is 6.92 Å². The van der Waals surface area contributed by atoms with Crippen LogP contribution in [0.15, 0.2) is 36.4 Å². The Bertz CT molecular complexity index is 643. The molecular weight excluding hydrogens is 295 g/mol. The number of hydrogen-bond donors (Lipinski definition) is 0. The highest BCUT2D eigenvalue weighted by Gasteiger charge is 2.31. The Kier molecular flexibility index (Phi) is 3.45. The number of hydrogen-bond acceptors (Lipinski definition) is 2. The summed E-state index contributed by atoms with van der Waals surface area (Å²) in [6.45, 7) is 1.39. The van der Waals surface area contributed by atoms with E-state index in [-0.39, 0.29) is 5.97 Å². The molecule has 1 aliphatic carbocycles. The Labute approximate surface area is 127 Å². The Morgan fingerprint density at radius 3 is 2.00 bits per heavy atom. The molecule has 0 bridgehead atoms. The van der Waals surface area contributed by atoms with E-state index in [0.29, 0.717) is 10.0 Å². The summed E-state index contributed by atoms with van der Waals surface area (Å²) < 4.78 is 5.50. The van der Waals surface area contributed by atoms with Crippen LogP contribution in [0.2, 0.25) is 10.0 Å². The Morgan fingerprint density at radius 1 is 1.05 bits per heavy atom. The van der Waals surface area contributed by atoms with E-state index in [4.69, 9.17) is 27.9 Å². The topological polar surface area (TPSA) is 26.3 Å². The van der Waals surface area contributed by atoms with Crippen molar-refractivity contribution in [2.75, 3.05) is 0 Å². The highest BCUT2D eigenvalue weighted by Crippen LogP contribution is 2.43. The quantitative estimate of drug-likeness (QED) is 0.722. The Morgan fingerprint density at radius 2 is 1.55 bits per heavy atom. The SMILES string of the molecule is CC(=O)OC1c2c(Cl)cccc2Cc2cccc(Cl)c21. The van der Waals surface area contributed by atoms with E-state index in [1.54, 1.807) is 12.1 Å². The monoisotopic (exact) mass is 306 g/mol. The number of halogens is 2. The van der Waals surface area contributed by atoms with E-state index < -0.39 is 6.10 Å². The van der Waals surface area contributed by atoms with Crippen LogP contribution in [0.25, 0.3) is 0 Å². The molecule has 0 saturated heterocycles. The molecule has 0 atom stereocenters. The van der Waals surface area contributed by atoms with Crippen molar-refractivity contribution in [3.05, 3.63) is 68.7 Å². The van der Waals surface area contributed by atoms with E-state index in [1.807, 2.05) is 24.3 Å². The summed E-state index contributed by atoms with van der Waals surface area (Å²) in [5, 5.41) is 1.19. The molecule has 3 rings (SSSR count). The number of rotatable bonds is 1. The average molecular weight is 307 g/mol. The van der Waals surface area contributed by atoms with Gasteiger partial charge >= 0.3 is 5.97 Å². The van der Waals surface area contributed by atoms with Crippen molar-refractivity contribution in [3.8, 4) is 0 Å². The standard InChI is InChI=1S/C16H12Cl2O2/c1-9(19)20-16-14-10(4-2-6-12(14)17)8-11-5-3-7-13(18)15(11)16/h2-7,16H,8H2,1H3. The summed E-state index contributed by atoms with van der Waals surface area (Å²) in [6.07, 6.45) is 0.206. The number of benzene rings is 2. The van der Waals surface area contributed by atoms with Gasteiger partial charge in [0.1, 0.15) is 0 Å². The molecule has 0 saturated carbocycles. The first-order valence-electron chi connectivity index (χ1n) is 6.29. The molecule has 0 heterocycles. The van der Waals surface area contributed by atoms with Crippen LogP contribution in [-0.2, 0) is 16.0 Å². The van der Waals surface area contributed by atoms with E-state index >= 15 is 0 Å². The summed E-state index contributed by atoms with van der Waals surface area (Å²) >= 11 is 12.6. The van der Waals surface area contributed by atoms with E-state index in [0.717, 1.165) is 28.7 Å². The zero-order chi connectivity index (χ0) is 14.3. The maximum atomic E-state index is 11.4. The molecule has 2 aromatic carbocycles. The van der Waals surface area contributed by atoms with Gasteiger partial charge in [-0.1, -0.05) is 47.5 Å². The normalized spacial score (nSPS) is 13.6. The van der Waals surface area contributed by atoms with Crippen LogP contribution < -0.4 is 0 Å².